The molecule has 4 heteroatoms. The van der Waals surface area contributed by atoms with E-state index in [9.17, 15) is 0 Å². The largest absolute Gasteiger partial charge is 0.248 e. The Balaban J connectivity index is 2.57. The molecule has 1 nitrogen and oxygen atoms in total. The van der Waals surface area contributed by atoms with E-state index in [0.29, 0.717) is 0 Å². The van der Waals surface area contributed by atoms with Gasteiger partial charge in [0.2, 0.25) is 0 Å². The second kappa shape index (κ2) is 3.90. The van der Waals surface area contributed by atoms with E-state index in [-0.39, 0.29) is 0 Å². The first-order chi connectivity index (χ1) is 6.27. The van der Waals surface area contributed by atoms with Crippen molar-refractivity contribution in [2.24, 2.45) is 0 Å². The fourth-order valence-corrected chi connectivity index (χ4v) is 2.68. The molecule has 0 unspecified atom stereocenters. The highest BCUT2D eigenvalue weighted by Crippen LogP contribution is 2.32. The lowest BCUT2D eigenvalue weighted by Crippen LogP contribution is -1.79. The number of aromatic nitrogens is 1. The van der Waals surface area contributed by atoms with Gasteiger partial charge in [-0.15, -0.1) is 11.3 Å². The summed E-state index contributed by atoms with van der Waals surface area (Å²) in [6, 6.07) is 6.15. The lowest BCUT2D eigenvalue weighted by Gasteiger charge is -2.00. The van der Waals surface area contributed by atoms with Crippen molar-refractivity contribution >= 4 is 43.2 Å². The van der Waals surface area contributed by atoms with Gasteiger partial charge in [-0.1, -0.05) is 6.07 Å². The van der Waals surface area contributed by atoms with Crippen LogP contribution >= 0.6 is 43.2 Å². The molecule has 0 radical (unpaired) electrons. The predicted molar refractivity (Wildman–Crippen MR) is 63.0 cm³/mol. The predicted octanol–water partition coefficient (Wildman–Crippen LogP) is 4.34. The van der Waals surface area contributed by atoms with Crippen LogP contribution in [0.5, 0.6) is 0 Å². The molecule has 0 amide bonds. The Morgan fingerprint density at radius 1 is 1.31 bits per heavy atom. The molecule has 0 spiro atoms. The van der Waals surface area contributed by atoms with Gasteiger partial charge in [0.1, 0.15) is 4.60 Å². The normalized spacial score (nSPS) is 10.3. The molecule has 2 heterocycles. The lowest BCUT2D eigenvalue weighted by atomic mass is 10.2. The van der Waals surface area contributed by atoms with Crippen molar-refractivity contribution in [1.82, 2.24) is 4.98 Å². The highest BCUT2D eigenvalue weighted by molar-refractivity contribution is 9.11. The molecule has 2 aromatic heterocycles. The van der Waals surface area contributed by atoms with Gasteiger partial charge >= 0.3 is 0 Å². The fraction of sp³-hybridized carbons (Fsp3) is 0. The van der Waals surface area contributed by atoms with Crippen LogP contribution in [0, 0.1) is 0 Å². The minimum Gasteiger partial charge on any atom is -0.248 e. The SMILES string of the molecule is Brc1cc(-c2cccs2)c(Br)cn1. The van der Waals surface area contributed by atoms with Gasteiger partial charge in [0.25, 0.3) is 0 Å². The molecule has 0 fully saturated rings. The Bertz CT molecular complexity index is 412. The van der Waals surface area contributed by atoms with Crippen LogP contribution in [0.1, 0.15) is 0 Å². The topological polar surface area (TPSA) is 12.9 Å². The maximum atomic E-state index is 4.12. The van der Waals surface area contributed by atoms with Crippen molar-refractivity contribution in [2.45, 2.75) is 0 Å². The summed E-state index contributed by atoms with van der Waals surface area (Å²) in [4.78, 5) is 5.37. The summed E-state index contributed by atoms with van der Waals surface area (Å²) in [7, 11) is 0. The maximum Gasteiger partial charge on any atom is 0.106 e. The van der Waals surface area contributed by atoms with Gasteiger partial charge in [-0.2, -0.15) is 0 Å². The smallest absolute Gasteiger partial charge is 0.106 e. The number of hydrogen-bond acceptors (Lipinski definition) is 2. The van der Waals surface area contributed by atoms with Gasteiger partial charge in [-0.05, 0) is 49.4 Å². The second-order valence-corrected chi connectivity index (χ2v) is 5.08. The van der Waals surface area contributed by atoms with Crippen molar-refractivity contribution in [1.29, 1.82) is 0 Å². The van der Waals surface area contributed by atoms with Crippen molar-refractivity contribution in [3.8, 4) is 10.4 Å². The minimum absolute atomic E-state index is 0.860. The molecule has 0 N–H and O–H groups in total. The summed E-state index contributed by atoms with van der Waals surface area (Å²) in [6.45, 7) is 0. The fourth-order valence-electron chi connectivity index (χ4n) is 1.03. The Hall–Kier alpha value is -0.190. The third-order valence-corrected chi connectivity index (χ3v) is 3.58. The first kappa shape index (κ1) is 9.37. The van der Waals surface area contributed by atoms with Crippen LogP contribution in [0.15, 0.2) is 38.9 Å². The van der Waals surface area contributed by atoms with E-state index in [2.05, 4.69) is 48.3 Å². The van der Waals surface area contributed by atoms with E-state index in [1.165, 1.54) is 10.4 Å². The number of hydrogen-bond donors (Lipinski definition) is 0. The molecular weight excluding hydrogens is 314 g/mol. The van der Waals surface area contributed by atoms with Gasteiger partial charge in [0, 0.05) is 21.1 Å². The van der Waals surface area contributed by atoms with E-state index >= 15 is 0 Å². The Labute approximate surface area is 97.1 Å². The van der Waals surface area contributed by atoms with Crippen LogP contribution in [0.3, 0.4) is 0 Å². The van der Waals surface area contributed by atoms with Crippen LogP contribution < -0.4 is 0 Å². The van der Waals surface area contributed by atoms with Crippen molar-refractivity contribution in [3.63, 3.8) is 0 Å². The summed E-state index contributed by atoms with van der Waals surface area (Å²) in [5.74, 6) is 0. The van der Waals surface area contributed by atoms with Gasteiger partial charge < -0.3 is 0 Å². The van der Waals surface area contributed by atoms with Crippen LogP contribution in [0.4, 0.5) is 0 Å². The molecule has 0 aliphatic heterocycles. The molecule has 0 aromatic carbocycles. The molecule has 2 aromatic rings. The van der Waals surface area contributed by atoms with Crippen molar-refractivity contribution in [2.75, 3.05) is 0 Å². The number of pyridine rings is 1. The zero-order chi connectivity index (χ0) is 9.26. The molecule has 2 rings (SSSR count). The van der Waals surface area contributed by atoms with E-state index in [4.69, 9.17) is 0 Å². The zero-order valence-electron chi connectivity index (χ0n) is 6.50. The highest BCUT2D eigenvalue weighted by Gasteiger charge is 2.04. The first-order valence-corrected chi connectivity index (χ1v) is 6.09. The molecule has 0 bridgehead atoms. The average Bonchev–Trinajstić information content (AvgIpc) is 2.61. The van der Waals surface area contributed by atoms with Gasteiger partial charge in [0.15, 0.2) is 0 Å². The van der Waals surface area contributed by atoms with Gasteiger partial charge in [-0.3, -0.25) is 0 Å². The molecular formula is C9H5Br2NS. The van der Waals surface area contributed by atoms with Crippen molar-refractivity contribution < 1.29 is 0 Å². The Morgan fingerprint density at radius 3 is 2.85 bits per heavy atom. The Kier molecular flexibility index (Phi) is 2.81. The quantitative estimate of drug-likeness (QED) is 0.713. The first-order valence-electron chi connectivity index (χ1n) is 3.62. The molecule has 0 aliphatic carbocycles. The number of thiophene rings is 1. The minimum atomic E-state index is 0.860. The summed E-state index contributed by atoms with van der Waals surface area (Å²) in [6.07, 6.45) is 1.80. The standard InChI is InChI=1S/C9H5Br2NS/c10-7-5-12-9(11)4-6(7)8-2-1-3-13-8/h1-5H. The lowest BCUT2D eigenvalue weighted by molar-refractivity contribution is 1.26. The van der Waals surface area contributed by atoms with E-state index < -0.39 is 0 Å². The van der Waals surface area contributed by atoms with E-state index in [1.54, 1.807) is 17.5 Å². The molecule has 13 heavy (non-hydrogen) atoms. The highest BCUT2D eigenvalue weighted by atomic mass is 79.9. The summed E-state index contributed by atoms with van der Waals surface area (Å²) in [5.41, 5.74) is 1.18. The summed E-state index contributed by atoms with van der Waals surface area (Å²) >= 11 is 8.55. The van der Waals surface area contributed by atoms with Crippen LogP contribution in [-0.2, 0) is 0 Å². The monoisotopic (exact) mass is 317 g/mol. The van der Waals surface area contributed by atoms with Crippen LogP contribution in [0.25, 0.3) is 10.4 Å². The Morgan fingerprint density at radius 2 is 2.15 bits per heavy atom. The molecule has 0 atom stereocenters. The summed E-state index contributed by atoms with van der Waals surface area (Å²) in [5, 5.41) is 2.07. The summed E-state index contributed by atoms with van der Waals surface area (Å²) < 4.78 is 1.89. The van der Waals surface area contributed by atoms with Crippen molar-refractivity contribution in [3.05, 3.63) is 38.9 Å². The van der Waals surface area contributed by atoms with Crippen LogP contribution in [0.2, 0.25) is 0 Å². The third-order valence-electron chi connectivity index (χ3n) is 1.61. The van der Waals surface area contributed by atoms with E-state index in [1.807, 2.05) is 12.1 Å². The molecule has 0 saturated carbocycles. The second-order valence-electron chi connectivity index (χ2n) is 2.46. The maximum absolute atomic E-state index is 4.12. The number of rotatable bonds is 1. The number of nitrogens with zero attached hydrogens (tertiary/aromatic N) is 1. The molecule has 66 valence electrons. The van der Waals surface area contributed by atoms with E-state index in [0.717, 1.165) is 9.08 Å². The van der Waals surface area contributed by atoms with Gasteiger partial charge in [0.05, 0.1) is 0 Å². The van der Waals surface area contributed by atoms with Gasteiger partial charge in [-0.25, -0.2) is 4.98 Å². The average molecular weight is 319 g/mol. The third kappa shape index (κ3) is 2.00. The number of halogens is 2. The molecule has 0 saturated heterocycles. The van der Waals surface area contributed by atoms with Crippen LogP contribution in [-0.4, -0.2) is 4.98 Å². The molecule has 0 aliphatic rings. The zero-order valence-corrected chi connectivity index (χ0v) is 10.5.